The molecule has 1 aliphatic heterocycles. The van der Waals surface area contributed by atoms with E-state index in [4.69, 9.17) is 10.5 Å². The van der Waals surface area contributed by atoms with Gasteiger partial charge >= 0.3 is 0 Å². The fourth-order valence-electron chi connectivity index (χ4n) is 2.91. The van der Waals surface area contributed by atoms with Gasteiger partial charge in [0.15, 0.2) is 5.82 Å². The summed E-state index contributed by atoms with van der Waals surface area (Å²) in [6.07, 6.45) is 0. The third-order valence-corrected chi connectivity index (χ3v) is 5.40. The number of aromatic nitrogens is 2. The zero-order valence-electron chi connectivity index (χ0n) is 14.0. The van der Waals surface area contributed by atoms with Crippen molar-refractivity contribution >= 4 is 27.4 Å². The topological polar surface area (TPSA) is 64.3 Å². The molecule has 7 heteroatoms. The molecule has 0 saturated carbocycles. The van der Waals surface area contributed by atoms with Gasteiger partial charge in [-0.3, -0.25) is 4.90 Å². The van der Waals surface area contributed by atoms with Crippen molar-refractivity contribution < 1.29 is 9.13 Å². The maximum absolute atomic E-state index is 13.8. The Hall–Kier alpha value is -2.09. The van der Waals surface area contributed by atoms with Gasteiger partial charge in [-0.25, -0.2) is 14.4 Å². The molecular weight excluding hydrogens is 339 g/mol. The molecule has 0 spiro atoms. The first-order valence-corrected chi connectivity index (χ1v) is 9.04. The predicted octanol–water partition coefficient (Wildman–Crippen LogP) is 3.22. The van der Waals surface area contributed by atoms with Crippen molar-refractivity contribution in [3.8, 4) is 11.4 Å². The standard InChI is InChI=1S/C18H19FN4OS/c1-11-2-3-12(8-15(11)19)17-21-16(20)14-9-13(25-18(14)22-17)10-23-4-6-24-7-5-23/h2-3,8-9H,4-7,10H2,1H3,(H2,20,21,22). The van der Waals surface area contributed by atoms with Crippen molar-refractivity contribution in [2.45, 2.75) is 13.5 Å². The second-order valence-electron chi connectivity index (χ2n) is 6.22. The normalized spacial score (nSPS) is 15.8. The van der Waals surface area contributed by atoms with Crippen LogP contribution in [-0.4, -0.2) is 41.2 Å². The second-order valence-corrected chi connectivity index (χ2v) is 7.33. The van der Waals surface area contributed by atoms with Gasteiger partial charge in [-0.1, -0.05) is 12.1 Å². The van der Waals surface area contributed by atoms with Gasteiger partial charge in [0.2, 0.25) is 0 Å². The third-order valence-electron chi connectivity index (χ3n) is 4.39. The summed E-state index contributed by atoms with van der Waals surface area (Å²) in [5.41, 5.74) is 7.37. The molecule has 25 heavy (non-hydrogen) atoms. The maximum Gasteiger partial charge on any atom is 0.163 e. The molecule has 0 amide bonds. The average molecular weight is 358 g/mol. The number of nitrogen functional groups attached to an aromatic ring is 1. The number of anilines is 1. The molecule has 1 aliphatic rings. The van der Waals surface area contributed by atoms with Crippen molar-refractivity contribution in [3.05, 3.63) is 40.5 Å². The second kappa shape index (κ2) is 6.67. The Morgan fingerprint density at radius 2 is 2.04 bits per heavy atom. The van der Waals surface area contributed by atoms with Crippen LogP contribution in [0.2, 0.25) is 0 Å². The van der Waals surface area contributed by atoms with Crippen molar-refractivity contribution in [2.24, 2.45) is 0 Å². The molecule has 2 aromatic heterocycles. The summed E-state index contributed by atoms with van der Waals surface area (Å²) in [6.45, 7) is 6.01. The Kier molecular flexibility index (Phi) is 4.37. The molecule has 3 heterocycles. The molecular formula is C18H19FN4OS. The van der Waals surface area contributed by atoms with Gasteiger partial charge in [0.1, 0.15) is 16.5 Å². The molecule has 0 unspecified atom stereocenters. The van der Waals surface area contributed by atoms with E-state index in [1.807, 2.05) is 6.07 Å². The molecule has 0 aliphatic carbocycles. The van der Waals surface area contributed by atoms with Crippen LogP contribution in [0.3, 0.4) is 0 Å². The van der Waals surface area contributed by atoms with Crippen LogP contribution in [0.4, 0.5) is 10.2 Å². The van der Waals surface area contributed by atoms with Crippen molar-refractivity contribution in [2.75, 3.05) is 32.0 Å². The van der Waals surface area contributed by atoms with Crippen LogP contribution in [0.15, 0.2) is 24.3 Å². The number of ether oxygens (including phenoxy) is 1. The number of thiophene rings is 1. The molecule has 0 atom stereocenters. The lowest BCUT2D eigenvalue weighted by Gasteiger charge is -2.25. The van der Waals surface area contributed by atoms with Gasteiger partial charge in [-0.05, 0) is 24.6 Å². The number of aryl methyl sites for hydroxylation is 1. The summed E-state index contributed by atoms with van der Waals surface area (Å²) in [5, 5.41) is 0.865. The molecule has 3 aromatic rings. The van der Waals surface area contributed by atoms with Crippen LogP contribution in [0.25, 0.3) is 21.6 Å². The molecule has 1 saturated heterocycles. The Balaban J connectivity index is 1.67. The molecule has 5 nitrogen and oxygen atoms in total. The molecule has 1 fully saturated rings. The Morgan fingerprint density at radius 3 is 2.80 bits per heavy atom. The number of nitrogens with two attached hydrogens (primary N) is 1. The third kappa shape index (κ3) is 3.35. The Morgan fingerprint density at radius 1 is 1.24 bits per heavy atom. The van der Waals surface area contributed by atoms with Gasteiger partial charge in [0.05, 0.1) is 18.6 Å². The fourth-order valence-corrected chi connectivity index (χ4v) is 3.99. The number of nitrogens with zero attached hydrogens (tertiary/aromatic N) is 3. The fraction of sp³-hybridized carbons (Fsp3) is 0.333. The number of hydrogen-bond acceptors (Lipinski definition) is 6. The van der Waals surface area contributed by atoms with Crippen LogP contribution in [0.5, 0.6) is 0 Å². The highest BCUT2D eigenvalue weighted by Gasteiger charge is 2.15. The monoisotopic (exact) mass is 358 g/mol. The lowest BCUT2D eigenvalue weighted by Crippen LogP contribution is -2.35. The highest BCUT2D eigenvalue weighted by Crippen LogP contribution is 2.31. The molecule has 0 radical (unpaired) electrons. The highest BCUT2D eigenvalue weighted by molar-refractivity contribution is 7.18. The number of benzene rings is 1. The number of rotatable bonds is 3. The smallest absolute Gasteiger partial charge is 0.163 e. The van der Waals surface area contributed by atoms with Crippen molar-refractivity contribution in [1.29, 1.82) is 0 Å². The van der Waals surface area contributed by atoms with E-state index in [0.29, 0.717) is 22.8 Å². The highest BCUT2D eigenvalue weighted by atomic mass is 32.1. The van der Waals surface area contributed by atoms with E-state index in [-0.39, 0.29) is 5.82 Å². The van der Waals surface area contributed by atoms with Crippen LogP contribution < -0.4 is 5.73 Å². The first-order chi connectivity index (χ1) is 12.1. The summed E-state index contributed by atoms with van der Waals surface area (Å²) < 4.78 is 19.2. The summed E-state index contributed by atoms with van der Waals surface area (Å²) in [6, 6.07) is 7.07. The number of morpholine rings is 1. The van der Waals surface area contributed by atoms with E-state index in [1.165, 1.54) is 10.9 Å². The summed E-state index contributed by atoms with van der Waals surface area (Å²) in [5.74, 6) is 0.632. The minimum Gasteiger partial charge on any atom is -0.383 e. The predicted molar refractivity (Wildman–Crippen MR) is 98.1 cm³/mol. The van der Waals surface area contributed by atoms with E-state index < -0.39 is 0 Å². The quantitative estimate of drug-likeness (QED) is 0.779. The summed E-state index contributed by atoms with van der Waals surface area (Å²) in [4.78, 5) is 13.4. The number of hydrogen-bond donors (Lipinski definition) is 1. The Bertz CT molecular complexity index is 921. The van der Waals surface area contributed by atoms with E-state index in [2.05, 4.69) is 20.9 Å². The van der Waals surface area contributed by atoms with Gasteiger partial charge in [-0.2, -0.15) is 0 Å². The van der Waals surface area contributed by atoms with Gasteiger partial charge in [0.25, 0.3) is 0 Å². The van der Waals surface area contributed by atoms with Crippen molar-refractivity contribution in [1.82, 2.24) is 14.9 Å². The van der Waals surface area contributed by atoms with E-state index in [1.54, 1.807) is 24.3 Å². The van der Waals surface area contributed by atoms with Crippen LogP contribution in [-0.2, 0) is 11.3 Å². The zero-order valence-corrected chi connectivity index (χ0v) is 14.8. The summed E-state index contributed by atoms with van der Waals surface area (Å²) >= 11 is 1.61. The molecule has 2 N–H and O–H groups in total. The largest absolute Gasteiger partial charge is 0.383 e. The molecule has 1 aromatic carbocycles. The summed E-state index contributed by atoms with van der Waals surface area (Å²) in [7, 11) is 0. The molecule has 4 rings (SSSR count). The lowest BCUT2D eigenvalue weighted by atomic mass is 10.1. The number of halogens is 1. The van der Waals surface area contributed by atoms with Crippen LogP contribution >= 0.6 is 11.3 Å². The SMILES string of the molecule is Cc1ccc(-c2nc(N)c3cc(CN4CCOCC4)sc3n2)cc1F. The van der Waals surface area contributed by atoms with Gasteiger partial charge in [0, 0.05) is 30.1 Å². The number of fused-ring (bicyclic) bond motifs is 1. The van der Waals surface area contributed by atoms with E-state index in [9.17, 15) is 4.39 Å². The Labute approximate surface area is 149 Å². The maximum atomic E-state index is 13.8. The van der Waals surface area contributed by atoms with Crippen molar-refractivity contribution in [3.63, 3.8) is 0 Å². The van der Waals surface area contributed by atoms with Gasteiger partial charge in [-0.15, -0.1) is 11.3 Å². The molecule has 130 valence electrons. The van der Waals surface area contributed by atoms with Crippen LogP contribution in [0, 0.1) is 12.7 Å². The first-order valence-electron chi connectivity index (χ1n) is 8.23. The van der Waals surface area contributed by atoms with E-state index in [0.717, 1.165) is 43.1 Å². The lowest BCUT2D eigenvalue weighted by molar-refractivity contribution is 0.0346. The zero-order chi connectivity index (χ0) is 17.4. The van der Waals surface area contributed by atoms with Gasteiger partial charge < -0.3 is 10.5 Å². The average Bonchev–Trinajstić information content (AvgIpc) is 3.01. The first kappa shape index (κ1) is 16.4. The van der Waals surface area contributed by atoms with E-state index >= 15 is 0 Å². The minimum absolute atomic E-state index is 0.265. The minimum atomic E-state index is -0.265. The van der Waals surface area contributed by atoms with Crippen LogP contribution in [0.1, 0.15) is 10.4 Å². The molecule has 0 bridgehead atoms.